The Balaban J connectivity index is 1.78. The van der Waals surface area contributed by atoms with Crippen LogP contribution in [-0.2, 0) is 4.74 Å². The van der Waals surface area contributed by atoms with E-state index in [0.29, 0.717) is 6.61 Å². The number of nitrogens with two attached hydrogens (primary N) is 1. The maximum absolute atomic E-state index is 10.7. The second-order valence-corrected chi connectivity index (χ2v) is 4.96. The molecule has 0 aliphatic carbocycles. The minimum atomic E-state index is -0.607. The number of nitrogens with zero attached hydrogens (tertiary/aromatic N) is 3. The molecule has 1 fully saturated rings. The van der Waals surface area contributed by atoms with Gasteiger partial charge in [-0.15, -0.1) is 0 Å². The molecule has 2 aromatic rings. The minimum Gasteiger partial charge on any atom is -0.378 e. The number of hydrogen-bond acceptors (Lipinski definition) is 7. The first-order valence-electron chi connectivity index (χ1n) is 6.85. The topological polar surface area (TPSA) is 116 Å². The van der Waals surface area contributed by atoms with Gasteiger partial charge >= 0.3 is 5.69 Å². The zero-order valence-electron chi connectivity index (χ0n) is 11.7. The molecule has 8 nitrogen and oxygen atoms in total. The van der Waals surface area contributed by atoms with Gasteiger partial charge in [0.2, 0.25) is 11.8 Å². The number of rotatable bonds is 4. The fourth-order valence-electron chi connectivity index (χ4n) is 2.47. The van der Waals surface area contributed by atoms with Crippen molar-refractivity contribution in [1.29, 1.82) is 0 Å². The van der Waals surface area contributed by atoms with Gasteiger partial charge in [0.1, 0.15) is 12.3 Å². The van der Waals surface area contributed by atoms with Gasteiger partial charge in [-0.05, 0) is 12.0 Å². The molecule has 0 bridgehead atoms. The van der Waals surface area contributed by atoms with Crippen molar-refractivity contribution in [3.63, 3.8) is 0 Å². The monoisotopic (exact) mass is 301 g/mol. The number of hydrogen-bond donors (Lipinski definition) is 2. The predicted octanol–water partition coefficient (Wildman–Crippen LogP) is 1.91. The maximum Gasteiger partial charge on any atom is 0.329 e. The Kier molecular flexibility index (Phi) is 3.84. The van der Waals surface area contributed by atoms with Crippen LogP contribution in [0, 0.1) is 10.1 Å². The van der Waals surface area contributed by atoms with E-state index in [1.54, 1.807) is 0 Å². The number of anilines is 2. The summed E-state index contributed by atoms with van der Waals surface area (Å²) in [6, 6.07) is 9.83. The van der Waals surface area contributed by atoms with E-state index in [0.717, 1.165) is 18.2 Å². The quantitative estimate of drug-likeness (QED) is 0.654. The summed E-state index contributed by atoms with van der Waals surface area (Å²) in [4.78, 5) is 18.0. The average molecular weight is 301 g/mol. The van der Waals surface area contributed by atoms with Gasteiger partial charge in [0.25, 0.3) is 0 Å². The fraction of sp³-hybridized carbons (Fsp3) is 0.286. The Bertz CT molecular complexity index is 679. The third-order valence-corrected chi connectivity index (χ3v) is 3.53. The Hall–Kier alpha value is -2.74. The van der Waals surface area contributed by atoms with Crippen molar-refractivity contribution in [2.45, 2.75) is 18.6 Å². The van der Waals surface area contributed by atoms with Gasteiger partial charge < -0.3 is 15.8 Å². The van der Waals surface area contributed by atoms with Crippen molar-refractivity contribution in [3.05, 3.63) is 52.2 Å². The van der Waals surface area contributed by atoms with E-state index in [9.17, 15) is 10.1 Å². The van der Waals surface area contributed by atoms with Gasteiger partial charge in [-0.3, -0.25) is 10.1 Å². The summed E-state index contributed by atoms with van der Waals surface area (Å²) in [6.07, 6.45) is 1.79. The minimum absolute atomic E-state index is 0.0109. The van der Waals surface area contributed by atoms with E-state index in [1.807, 2.05) is 30.3 Å². The Morgan fingerprint density at radius 3 is 2.82 bits per heavy atom. The molecule has 0 spiro atoms. The second kappa shape index (κ2) is 5.94. The van der Waals surface area contributed by atoms with E-state index in [2.05, 4.69) is 15.3 Å². The number of ether oxygens (including phenoxy) is 1. The predicted molar refractivity (Wildman–Crippen MR) is 80.3 cm³/mol. The van der Waals surface area contributed by atoms with Crippen LogP contribution in [0.5, 0.6) is 0 Å². The molecule has 0 amide bonds. The molecule has 2 heterocycles. The van der Waals surface area contributed by atoms with E-state index in [4.69, 9.17) is 10.5 Å². The summed E-state index contributed by atoms with van der Waals surface area (Å²) in [5.41, 5.74) is 6.34. The molecule has 1 aromatic carbocycles. The fourth-order valence-corrected chi connectivity index (χ4v) is 2.47. The first-order valence-corrected chi connectivity index (χ1v) is 6.85. The van der Waals surface area contributed by atoms with Gasteiger partial charge in [-0.25, -0.2) is 4.98 Å². The molecular weight excluding hydrogens is 286 g/mol. The number of aromatic nitrogens is 2. The SMILES string of the molecule is Nc1nc(NC2CCOC2c2ccccc2)ncc1[N+](=O)[O-]. The largest absolute Gasteiger partial charge is 0.378 e. The van der Waals surface area contributed by atoms with Crippen LogP contribution < -0.4 is 11.1 Å². The molecule has 1 saturated heterocycles. The third kappa shape index (κ3) is 2.82. The highest BCUT2D eigenvalue weighted by Gasteiger charge is 2.30. The first-order chi connectivity index (χ1) is 10.6. The normalized spacial score (nSPS) is 20.7. The van der Waals surface area contributed by atoms with E-state index in [1.165, 1.54) is 0 Å². The van der Waals surface area contributed by atoms with Gasteiger partial charge in [0.15, 0.2) is 0 Å². The van der Waals surface area contributed by atoms with Crippen LogP contribution in [-0.4, -0.2) is 27.5 Å². The highest BCUT2D eigenvalue weighted by atomic mass is 16.6. The van der Waals surface area contributed by atoms with Crippen LogP contribution in [0.3, 0.4) is 0 Å². The standard InChI is InChI=1S/C14H15N5O3/c15-13-11(19(20)21)8-16-14(18-13)17-10-6-7-22-12(10)9-4-2-1-3-5-9/h1-5,8,10,12H,6-7H2,(H3,15,16,17,18). The second-order valence-electron chi connectivity index (χ2n) is 4.96. The lowest BCUT2D eigenvalue weighted by atomic mass is 10.0. The lowest BCUT2D eigenvalue weighted by molar-refractivity contribution is -0.384. The molecule has 3 rings (SSSR count). The van der Waals surface area contributed by atoms with Crippen molar-refractivity contribution in [3.8, 4) is 0 Å². The molecule has 1 aromatic heterocycles. The summed E-state index contributed by atoms with van der Waals surface area (Å²) < 4.78 is 5.76. The Morgan fingerprint density at radius 1 is 1.36 bits per heavy atom. The molecular formula is C14H15N5O3. The summed E-state index contributed by atoms with van der Waals surface area (Å²) in [5, 5.41) is 13.9. The van der Waals surface area contributed by atoms with Crippen LogP contribution in [0.25, 0.3) is 0 Å². The van der Waals surface area contributed by atoms with Crippen LogP contribution >= 0.6 is 0 Å². The zero-order chi connectivity index (χ0) is 15.5. The number of nitrogen functional groups attached to an aromatic ring is 1. The molecule has 1 aliphatic heterocycles. The first kappa shape index (κ1) is 14.2. The molecule has 22 heavy (non-hydrogen) atoms. The van der Waals surface area contributed by atoms with Gasteiger partial charge in [-0.1, -0.05) is 30.3 Å². The molecule has 0 saturated carbocycles. The van der Waals surface area contributed by atoms with Gasteiger partial charge in [-0.2, -0.15) is 4.98 Å². The lowest BCUT2D eigenvalue weighted by Gasteiger charge is -2.20. The van der Waals surface area contributed by atoms with Crippen molar-refractivity contribution in [1.82, 2.24) is 9.97 Å². The molecule has 8 heteroatoms. The summed E-state index contributed by atoms with van der Waals surface area (Å²) >= 11 is 0. The summed E-state index contributed by atoms with van der Waals surface area (Å²) in [6.45, 7) is 0.625. The smallest absolute Gasteiger partial charge is 0.329 e. The Morgan fingerprint density at radius 2 is 2.14 bits per heavy atom. The number of benzene rings is 1. The highest BCUT2D eigenvalue weighted by Crippen LogP contribution is 2.31. The van der Waals surface area contributed by atoms with Crippen molar-refractivity contribution in [2.75, 3.05) is 17.7 Å². The zero-order valence-corrected chi connectivity index (χ0v) is 11.7. The highest BCUT2D eigenvalue weighted by molar-refractivity contribution is 5.53. The molecule has 2 unspecified atom stereocenters. The molecule has 0 radical (unpaired) electrons. The lowest BCUT2D eigenvalue weighted by Crippen LogP contribution is -2.24. The van der Waals surface area contributed by atoms with Crippen molar-refractivity contribution in [2.24, 2.45) is 0 Å². The summed E-state index contributed by atoms with van der Waals surface area (Å²) in [5.74, 6) is 0.109. The molecule has 1 aliphatic rings. The van der Waals surface area contributed by atoms with Crippen LogP contribution in [0.2, 0.25) is 0 Å². The van der Waals surface area contributed by atoms with Crippen LogP contribution in [0.4, 0.5) is 17.5 Å². The third-order valence-electron chi connectivity index (χ3n) is 3.53. The van der Waals surface area contributed by atoms with Crippen molar-refractivity contribution < 1.29 is 9.66 Å². The van der Waals surface area contributed by atoms with Gasteiger partial charge in [0, 0.05) is 6.61 Å². The average Bonchev–Trinajstić information content (AvgIpc) is 2.96. The molecule has 3 N–H and O–H groups in total. The van der Waals surface area contributed by atoms with E-state index in [-0.39, 0.29) is 29.6 Å². The van der Waals surface area contributed by atoms with Crippen LogP contribution in [0.15, 0.2) is 36.5 Å². The Labute approximate surface area is 126 Å². The van der Waals surface area contributed by atoms with Gasteiger partial charge in [0.05, 0.1) is 11.0 Å². The maximum atomic E-state index is 10.7. The van der Waals surface area contributed by atoms with Crippen LogP contribution in [0.1, 0.15) is 18.1 Å². The van der Waals surface area contributed by atoms with E-state index < -0.39 is 4.92 Å². The number of nitrogens with one attached hydrogen (secondary N) is 1. The van der Waals surface area contributed by atoms with E-state index >= 15 is 0 Å². The van der Waals surface area contributed by atoms with Crippen molar-refractivity contribution >= 4 is 17.5 Å². The molecule has 2 atom stereocenters. The summed E-state index contributed by atoms with van der Waals surface area (Å²) in [7, 11) is 0. The number of nitro groups is 1. The molecule has 114 valence electrons.